The minimum Gasteiger partial charge on any atom is -0.492 e. The van der Waals surface area contributed by atoms with Crippen molar-refractivity contribution in [1.82, 2.24) is 4.98 Å². The molecule has 0 saturated heterocycles. The highest BCUT2D eigenvalue weighted by atomic mass is 16.5. The number of hydrogen-bond donors (Lipinski definition) is 3. The molecule has 1 aromatic heterocycles. The summed E-state index contributed by atoms with van der Waals surface area (Å²) in [5.74, 6) is 0.807. The minimum absolute atomic E-state index is 0.626. The van der Waals surface area contributed by atoms with Gasteiger partial charge in [-0.3, -0.25) is 0 Å². The smallest absolute Gasteiger partial charge is 0.144 e. The molecule has 0 atom stereocenters. The predicted octanol–water partition coefficient (Wildman–Crippen LogP) is 3.80. The van der Waals surface area contributed by atoms with E-state index in [1.54, 1.807) is 0 Å². The molecule has 0 bridgehead atoms. The highest BCUT2D eigenvalue weighted by molar-refractivity contribution is 5.83. The molecular formula is C18H21N3O. The number of nitrogen functional groups attached to an aromatic ring is 1. The molecule has 1 heterocycles. The standard InChI is InChI=1S/C18H21N3O/c1-2-22-18-11-14(19)7-8-17(18)20-10-9-13-12-21-16-6-4-3-5-15(13)16/h3-8,11-12,20-21H,2,9-10,19H2,1H3. The molecule has 0 saturated carbocycles. The van der Waals surface area contributed by atoms with E-state index in [9.17, 15) is 0 Å². The fourth-order valence-corrected chi connectivity index (χ4v) is 2.63. The third-order valence-electron chi connectivity index (χ3n) is 3.69. The number of fused-ring (bicyclic) bond motifs is 1. The van der Waals surface area contributed by atoms with Crippen molar-refractivity contribution in [2.75, 3.05) is 24.2 Å². The van der Waals surface area contributed by atoms with Crippen molar-refractivity contribution in [1.29, 1.82) is 0 Å². The topological polar surface area (TPSA) is 63.1 Å². The summed E-state index contributed by atoms with van der Waals surface area (Å²) in [6.45, 7) is 3.44. The van der Waals surface area contributed by atoms with Crippen LogP contribution in [0.4, 0.5) is 11.4 Å². The average molecular weight is 295 g/mol. The molecule has 22 heavy (non-hydrogen) atoms. The molecule has 0 radical (unpaired) electrons. The van der Waals surface area contributed by atoms with Crippen molar-refractivity contribution >= 4 is 22.3 Å². The number of rotatable bonds is 6. The van der Waals surface area contributed by atoms with Crippen LogP contribution in [-0.2, 0) is 6.42 Å². The fourth-order valence-electron chi connectivity index (χ4n) is 2.63. The molecule has 0 amide bonds. The van der Waals surface area contributed by atoms with Crippen LogP contribution in [0.25, 0.3) is 10.9 Å². The molecular weight excluding hydrogens is 274 g/mol. The van der Waals surface area contributed by atoms with Gasteiger partial charge in [0.15, 0.2) is 0 Å². The molecule has 0 fully saturated rings. The van der Waals surface area contributed by atoms with Crippen LogP contribution in [0.2, 0.25) is 0 Å². The van der Waals surface area contributed by atoms with Crippen molar-refractivity contribution < 1.29 is 4.74 Å². The summed E-state index contributed by atoms with van der Waals surface area (Å²) in [5, 5.41) is 4.72. The first-order chi connectivity index (χ1) is 10.8. The molecule has 2 aromatic carbocycles. The Bertz CT molecular complexity index is 764. The number of aromatic amines is 1. The van der Waals surface area contributed by atoms with Crippen LogP contribution >= 0.6 is 0 Å². The van der Waals surface area contributed by atoms with Gasteiger partial charge in [0, 0.05) is 35.4 Å². The maximum Gasteiger partial charge on any atom is 0.144 e. The summed E-state index contributed by atoms with van der Waals surface area (Å²) in [6.07, 6.45) is 3.03. The zero-order chi connectivity index (χ0) is 15.4. The Hall–Kier alpha value is -2.62. The first-order valence-electron chi connectivity index (χ1n) is 7.59. The number of hydrogen-bond acceptors (Lipinski definition) is 3. The molecule has 4 nitrogen and oxygen atoms in total. The van der Waals surface area contributed by atoms with Gasteiger partial charge < -0.3 is 20.8 Å². The van der Waals surface area contributed by atoms with Gasteiger partial charge in [0.25, 0.3) is 0 Å². The Labute approximate surface area is 130 Å². The van der Waals surface area contributed by atoms with E-state index in [1.165, 1.54) is 16.5 Å². The Morgan fingerprint density at radius 1 is 1.18 bits per heavy atom. The summed E-state index contributed by atoms with van der Waals surface area (Å²) in [6, 6.07) is 14.1. The van der Waals surface area contributed by atoms with E-state index >= 15 is 0 Å². The van der Waals surface area contributed by atoms with Gasteiger partial charge in [-0.25, -0.2) is 0 Å². The maximum absolute atomic E-state index is 5.81. The lowest BCUT2D eigenvalue weighted by Crippen LogP contribution is -2.07. The second kappa shape index (κ2) is 6.43. The largest absolute Gasteiger partial charge is 0.492 e. The van der Waals surface area contributed by atoms with E-state index in [2.05, 4.69) is 34.7 Å². The number of aromatic nitrogens is 1. The van der Waals surface area contributed by atoms with Crippen LogP contribution in [0.1, 0.15) is 12.5 Å². The van der Waals surface area contributed by atoms with Crippen LogP contribution in [0.3, 0.4) is 0 Å². The van der Waals surface area contributed by atoms with Crippen LogP contribution in [-0.4, -0.2) is 18.1 Å². The van der Waals surface area contributed by atoms with Crippen molar-refractivity contribution in [3.05, 3.63) is 54.2 Å². The van der Waals surface area contributed by atoms with Gasteiger partial charge in [-0.05, 0) is 37.1 Å². The third kappa shape index (κ3) is 3.01. The van der Waals surface area contributed by atoms with Gasteiger partial charge in [0.1, 0.15) is 5.75 Å². The molecule has 3 rings (SSSR count). The van der Waals surface area contributed by atoms with Crippen LogP contribution in [0.5, 0.6) is 5.75 Å². The summed E-state index contributed by atoms with van der Waals surface area (Å²) in [5.41, 5.74) is 10.0. The number of anilines is 2. The quantitative estimate of drug-likeness (QED) is 0.606. The van der Waals surface area contributed by atoms with Crippen molar-refractivity contribution in [2.45, 2.75) is 13.3 Å². The van der Waals surface area contributed by atoms with Crippen LogP contribution in [0, 0.1) is 0 Å². The summed E-state index contributed by atoms with van der Waals surface area (Å²) in [7, 11) is 0. The first-order valence-corrected chi connectivity index (χ1v) is 7.59. The summed E-state index contributed by atoms with van der Waals surface area (Å²) < 4.78 is 5.63. The maximum atomic E-state index is 5.81. The van der Waals surface area contributed by atoms with Gasteiger partial charge in [-0.2, -0.15) is 0 Å². The molecule has 3 aromatic rings. The second-order valence-corrected chi connectivity index (χ2v) is 5.22. The Kier molecular flexibility index (Phi) is 4.19. The molecule has 4 N–H and O–H groups in total. The van der Waals surface area contributed by atoms with Gasteiger partial charge in [-0.1, -0.05) is 18.2 Å². The van der Waals surface area contributed by atoms with E-state index < -0.39 is 0 Å². The van der Waals surface area contributed by atoms with Gasteiger partial charge in [-0.15, -0.1) is 0 Å². The highest BCUT2D eigenvalue weighted by Crippen LogP contribution is 2.27. The van der Waals surface area contributed by atoms with Gasteiger partial charge in [0.2, 0.25) is 0 Å². The number of para-hydroxylation sites is 1. The van der Waals surface area contributed by atoms with E-state index in [1.807, 2.05) is 31.2 Å². The Morgan fingerprint density at radius 2 is 2.05 bits per heavy atom. The number of ether oxygens (including phenoxy) is 1. The number of benzene rings is 2. The molecule has 0 aliphatic heterocycles. The molecule has 0 unspecified atom stereocenters. The lowest BCUT2D eigenvalue weighted by atomic mass is 10.1. The van der Waals surface area contributed by atoms with Crippen LogP contribution < -0.4 is 15.8 Å². The lowest BCUT2D eigenvalue weighted by molar-refractivity contribution is 0.342. The van der Waals surface area contributed by atoms with E-state index in [-0.39, 0.29) is 0 Å². The Balaban J connectivity index is 1.68. The SMILES string of the molecule is CCOc1cc(N)ccc1NCCc1c[nH]c2ccccc12. The molecule has 0 spiro atoms. The third-order valence-corrected chi connectivity index (χ3v) is 3.69. The predicted molar refractivity (Wildman–Crippen MR) is 92.5 cm³/mol. The van der Waals surface area contributed by atoms with Crippen molar-refractivity contribution in [2.24, 2.45) is 0 Å². The summed E-state index contributed by atoms with van der Waals surface area (Å²) >= 11 is 0. The van der Waals surface area contributed by atoms with Gasteiger partial charge in [0.05, 0.1) is 12.3 Å². The highest BCUT2D eigenvalue weighted by Gasteiger charge is 2.05. The number of H-pyrrole nitrogens is 1. The van der Waals surface area contributed by atoms with Crippen molar-refractivity contribution in [3.63, 3.8) is 0 Å². The average Bonchev–Trinajstić information content (AvgIpc) is 2.93. The monoisotopic (exact) mass is 295 g/mol. The normalized spacial score (nSPS) is 10.8. The van der Waals surface area contributed by atoms with E-state index in [0.717, 1.165) is 24.4 Å². The zero-order valence-electron chi connectivity index (χ0n) is 12.7. The minimum atomic E-state index is 0.626. The Morgan fingerprint density at radius 3 is 2.91 bits per heavy atom. The summed E-state index contributed by atoms with van der Waals surface area (Å²) in [4.78, 5) is 3.31. The van der Waals surface area contributed by atoms with Crippen LogP contribution in [0.15, 0.2) is 48.7 Å². The second-order valence-electron chi connectivity index (χ2n) is 5.22. The molecule has 0 aliphatic rings. The number of nitrogens with one attached hydrogen (secondary N) is 2. The van der Waals surface area contributed by atoms with Gasteiger partial charge >= 0.3 is 0 Å². The molecule has 114 valence electrons. The first kappa shape index (κ1) is 14.3. The zero-order valence-corrected chi connectivity index (χ0v) is 12.7. The van der Waals surface area contributed by atoms with E-state index in [0.29, 0.717) is 12.3 Å². The number of nitrogens with two attached hydrogens (primary N) is 1. The molecule has 4 heteroatoms. The van der Waals surface area contributed by atoms with E-state index in [4.69, 9.17) is 10.5 Å². The fraction of sp³-hybridized carbons (Fsp3) is 0.222. The lowest BCUT2D eigenvalue weighted by Gasteiger charge is -2.13. The van der Waals surface area contributed by atoms with Crippen molar-refractivity contribution in [3.8, 4) is 5.75 Å². The molecule has 0 aliphatic carbocycles.